The lowest BCUT2D eigenvalue weighted by Crippen LogP contribution is -2.37. The molecule has 0 spiro atoms. The van der Waals surface area contributed by atoms with E-state index in [2.05, 4.69) is 6.92 Å². The zero-order chi connectivity index (χ0) is 10.6. The van der Waals surface area contributed by atoms with E-state index in [0.717, 1.165) is 6.42 Å². The van der Waals surface area contributed by atoms with E-state index in [-0.39, 0.29) is 12.1 Å². The van der Waals surface area contributed by atoms with Gasteiger partial charge in [0.05, 0.1) is 0 Å². The van der Waals surface area contributed by atoms with E-state index in [1.807, 2.05) is 6.92 Å². The van der Waals surface area contributed by atoms with E-state index in [1.54, 1.807) is 0 Å². The molecule has 1 aliphatic rings. The van der Waals surface area contributed by atoms with Crippen molar-refractivity contribution in [3.05, 3.63) is 0 Å². The second-order valence-electron chi connectivity index (χ2n) is 4.25. The summed E-state index contributed by atoms with van der Waals surface area (Å²) in [6.07, 6.45) is 5.36. The number of carbonyl (C=O) groups is 1. The van der Waals surface area contributed by atoms with Crippen molar-refractivity contribution in [2.45, 2.75) is 58.1 Å². The van der Waals surface area contributed by atoms with Crippen LogP contribution >= 0.6 is 0 Å². The van der Waals surface area contributed by atoms with Crippen LogP contribution in [-0.2, 0) is 9.53 Å². The molecule has 14 heavy (non-hydrogen) atoms. The number of esters is 1. The van der Waals surface area contributed by atoms with Crippen molar-refractivity contribution < 1.29 is 9.53 Å². The maximum atomic E-state index is 11.4. The largest absolute Gasteiger partial charge is 0.461 e. The summed E-state index contributed by atoms with van der Waals surface area (Å²) in [5, 5.41) is 0. The van der Waals surface area contributed by atoms with E-state index in [4.69, 9.17) is 10.5 Å². The third-order valence-electron chi connectivity index (χ3n) is 3.04. The molecule has 0 saturated heterocycles. The van der Waals surface area contributed by atoms with Crippen molar-refractivity contribution in [2.24, 2.45) is 11.7 Å². The number of ether oxygens (including phenoxy) is 1. The Morgan fingerprint density at radius 3 is 2.71 bits per heavy atom. The first-order chi connectivity index (χ1) is 6.65. The lowest BCUT2D eigenvalue weighted by atomic mass is 9.88. The van der Waals surface area contributed by atoms with Crippen molar-refractivity contribution in [1.82, 2.24) is 0 Å². The van der Waals surface area contributed by atoms with Gasteiger partial charge in [0.15, 0.2) is 0 Å². The van der Waals surface area contributed by atoms with Crippen molar-refractivity contribution in [3.63, 3.8) is 0 Å². The second-order valence-corrected chi connectivity index (χ2v) is 4.25. The van der Waals surface area contributed by atoms with Gasteiger partial charge in [0.1, 0.15) is 12.1 Å². The van der Waals surface area contributed by atoms with Crippen molar-refractivity contribution in [3.8, 4) is 0 Å². The standard InChI is InChI=1S/C11H21NO2/c1-3-9(12)11(13)14-10-7-5-4-6-8(10)2/h8-10H,3-7,12H2,1-2H3. The van der Waals surface area contributed by atoms with Gasteiger partial charge in [0.25, 0.3) is 0 Å². The van der Waals surface area contributed by atoms with Gasteiger partial charge in [-0.3, -0.25) is 4.79 Å². The lowest BCUT2D eigenvalue weighted by Gasteiger charge is -2.29. The average Bonchev–Trinajstić information content (AvgIpc) is 2.20. The fraction of sp³-hybridized carbons (Fsp3) is 0.909. The number of hydrogen-bond acceptors (Lipinski definition) is 3. The zero-order valence-electron chi connectivity index (χ0n) is 9.16. The summed E-state index contributed by atoms with van der Waals surface area (Å²) >= 11 is 0. The zero-order valence-corrected chi connectivity index (χ0v) is 9.16. The molecule has 3 heteroatoms. The Bertz CT molecular complexity index is 194. The molecule has 3 atom stereocenters. The predicted octanol–water partition coefficient (Wildman–Crippen LogP) is 1.85. The first kappa shape index (κ1) is 11.5. The van der Waals surface area contributed by atoms with Crippen LogP contribution < -0.4 is 5.73 Å². The maximum Gasteiger partial charge on any atom is 0.323 e. The van der Waals surface area contributed by atoms with Crippen LogP contribution in [0.2, 0.25) is 0 Å². The van der Waals surface area contributed by atoms with E-state index >= 15 is 0 Å². The van der Waals surface area contributed by atoms with Gasteiger partial charge in [-0.25, -0.2) is 0 Å². The highest BCUT2D eigenvalue weighted by Crippen LogP contribution is 2.26. The molecule has 0 heterocycles. The SMILES string of the molecule is CCC(N)C(=O)OC1CCCCC1C. The molecule has 1 fully saturated rings. The molecule has 1 rings (SSSR count). The minimum atomic E-state index is -0.441. The quantitative estimate of drug-likeness (QED) is 0.706. The Hall–Kier alpha value is -0.570. The van der Waals surface area contributed by atoms with Gasteiger partial charge in [-0.2, -0.15) is 0 Å². The van der Waals surface area contributed by atoms with Crippen LogP contribution in [0, 0.1) is 5.92 Å². The second kappa shape index (κ2) is 5.35. The molecule has 2 N–H and O–H groups in total. The van der Waals surface area contributed by atoms with E-state index in [1.165, 1.54) is 19.3 Å². The summed E-state index contributed by atoms with van der Waals surface area (Å²) in [6.45, 7) is 4.05. The minimum absolute atomic E-state index is 0.105. The van der Waals surface area contributed by atoms with Gasteiger partial charge in [0, 0.05) is 0 Å². The average molecular weight is 199 g/mol. The summed E-state index contributed by atoms with van der Waals surface area (Å²) in [6, 6.07) is -0.441. The Labute approximate surface area is 86.0 Å². The molecule has 3 nitrogen and oxygen atoms in total. The van der Waals surface area contributed by atoms with E-state index in [0.29, 0.717) is 12.3 Å². The van der Waals surface area contributed by atoms with Crippen LogP contribution in [0.25, 0.3) is 0 Å². The van der Waals surface area contributed by atoms with Gasteiger partial charge < -0.3 is 10.5 Å². The molecule has 0 aromatic rings. The molecule has 0 aromatic heterocycles. The highest BCUT2D eigenvalue weighted by atomic mass is 16.5. The van der Waals surface area contributed by atoms with Gasteiger partial charge >= 0.3 is 5.97 Å². The normalized spacial score (nSPS) is 29.6. The van der Waals surface area contributed by atoms with Crippen LogP contribution in [0.4, 0.5) is 0 Å². The van der Waals surface area contributed by atoms with Crippen LogP contribution in [0.3, 0.4) is 0 Å². The van der Waals surface area contributed by atoms with Crippen molar-refractivity contribution in [1.29, 1.82) is 0 Å². The molecular weight excluding hydrogens is 178 g/mol. The third kappa shape index (κ3) is 2.98. The van der Waals surface area contributed by atoms with E-state index < -0.39 is 6.04 Å². The molecule has 1 aliphatic carbocycles. The van der Waals surface area contributed by atoms with Gasteiger partial charge in [-0.05, 0) is 31.6 Å². The minimum Gasteiger partial charge on any atom is -0.461 e. The summed E-state index contributed by atoms with van der Waals surface area (Å²) in [7, 11) is 0. The molecule has 3 unspecified atom stereocenters. The fourth-order valence-corrected chi connectivity index (χ4v) is 1.86. The molecule has 82 valence electrons. The molecule has 1 saturated carbocycles. The molecular formula is C11H21NO2. The number of hydrogen-bond donors (Lipinski definition) is 1. The topological polar surface area (TPSA) is 52.3 Å². The number of carbonyl (C=O) groups excluding carboxylic acids is 1. The molecule has 0 aromatic carbocycles. The van der Waals surface area contributed by atoms with Crippen molar-refractivity contribution in [2.75, 3.05) is 0 Å². The van der Waals surface area contributed by atoms with Crippen LogP contribution in [0.1, 0.15) is 46.0 Å². The highest BCUT2D eigenvalue weighted by molar-refractivity contribution is 5.75. The summed E-state index contributed by atoms with van der Waals surface area (Å²) in [4.78, 5) is 11.4. The van der Waals surface area contributed by atoms with Gasteiger partial charge in [-0.1, -0.05) is 20.3 Å². The molecule has 0 radical (unpaired) electrons. The van der Waals surface area contributed by atoms with Gasteiger partial charge in [0.2, 0.25) is 0 Å². The Balaban J connectivity index is 2.38. The predicted molar refractivity (Wildman–Crippen MR) is 55.8 cm³/mol. The summed E-state index contributed by atoms with van der Waals surface area (Å²) in [5.74, 6) is 0.267. The monoisotopic (exact) mass is 199 g/mol. The van der Waals surface area contributed by atoms with Crippen LogP contribution in [0.15, 0.2) is 0 Å². The summed E-state index contributed by atoms with van der Waals surface area (Å²) < 4.78 is 5.39. The number of rotatable bonds is 3. The highest BCUT2D eigenvalue weighted by Gasteiger charge is 2.26. The van der Waals surface area contributed by atoms with Gasteiger partial charge in [-0.15, -0.1) is 0 Å². The Morgan fingerprint density at radius 2 is 2.14 bits per heavy atom. The molecule has 0 amide bonds. The fourth-order valence-electron chi connectivity index (χ4n) is 1.86. The molecule has 0 bridgehead atoms. The third-order valence-corrected chi connectivity index (χ3v) is 3.04. The maximum absolute atomic E-state index is 11.4. The summed E-state index contributed by atoms with van der Waals surface area (Å²) in [5.41, 5.74) is 5.60. The van der Waals surface area contributed by atoms with Crippen LogP contribution in [-0.4, -0.2) is 18.1 Å². The lowest BCUT2D eigenvalue weighted by molar-refractivity contribution is -0.154. The van der Waals surface area contributed by atoms with Crippen LogP contribution in [0.5, 0.6) is 0 Å². The Kier molecular flexibility index (Phi) is 4.39. The smallest absolute Gasteiger partial charge is 0.323 e. The molecule has 0 aliphatic heterocycles. The Morgan fingerprint density at radius 1 is 1.50 bits per heavy atom. The van der Waals surface area contributed by atoms with E-state index in [9.17, 15) is 4.79 Å². The number of nitrogens with two attached hydrogens (primary N) is 1. The van der Waals surface area contributed by atoms with Crippen molar-refractivity contribution >= 4 is 5.97 Å². The first-order valence-electron chi connectivity index (χ1n) is 5.61. The first-order valence-corrected chi connectivity index (χ1v) is 5.61.